The number of benzene rings is 2. The Morgan fingerprint density at radius 3 is 2.46 bits per heavy atom. The molecule has 1 atom stereocenters. The second-order valence-corrected chi connectivity index (χ2v) is 8.44. The quantitative estimate of drug-likeness (QED) is 0.897. The van der Waals surface area contributed by atoms with E-state index in [1.165, 1.54) is 12.1 Å². The molecule has 3 rings (SSSR count). The Morgan fingerprint density at radius 1 is 1.12 bits per heavy atom. The zero-order valence-electron chi connectivity index (χ0n) is 15.1. The number of hydrogen-bond acceptors (Lipinski definition) is 3. The number of aryl methyl sites for hydroxylation is 1. The van der Waals surface area contributed by atoms with Gasteiger partial charge in [-0.1, -0.05) is 30.3 Å². The van der Waals surface area contributed by atoms with Gasteiger partial charge in [0.1, 0.15) is 0 Å². The largest absolute Gasteiger partial charge is 0.332 e. The first-order valence-electron chi connectivity index (χ1n) is 8.79. The molecule has 1 fully saturated rings. The van der Waals surface area contributed by atoms with Gasteiger partial charge in [-0.15, -0.1) is 0 Å². The molecular formula is C20H24N2O3S. The Kier molecular flexibility index (Phi) is 5.16. The number of amides is 1. The maximum absolute atomic E-state index is 13.3. The molecule has 138 valence electrons. The van der Waals surface area contributed by atoms with Crippen molar-refractivity contribution in [2.24, 2.45) is 5.14 Å². The smallest absolute Gasteiger partial charge is 0.254 e. The number of rotatable bonds is 3. The lowest BCUT2D eigenvalue weighted by Gasteiger charge is -2.36. The molecule has 5 nitrogen and oxygen atoms in total. The minimum atomic E-state index is -3.87. The normalized spacial score (nSPS) is 18.0. The Balaban J connectivity index is 2.03. The number of nitrogens with two attached hydrogens (primary N) is 1. The predicted molar refractivity (Wildman–Crippen MR) is 101 cm³/mol. The molecule has 0 bridgehead atoms. The van der Waals surface area contributed by atoms with Crippen LogP contribution in [0.15, 0.2) is 47.4 Å². The van der Waals surface area contributed by atoms with Crippen molar-refractivity contribution in [3.63, 3.8) is 0 Å². The second kappa shape index (κ2) is 7.21. The molecule has 0 spiro atoms. The first kappa shape index (κ1) is 18.6. The number of piperidine rings is 1. The minimum Gasteiger partial charge on any atom is -0.332 e. The summed E-state index contributed by atoms with van der Waals surface area (Å²) in [5, 5.41) is 5.29. The van der Waals surface area contributed by atoms with Crippen LogP contribution >= 0.6 is 0 Å². The third-order valence-electron chi connectivity index (χ3n) is 5.15. The molecular weight excluding hydrogens is 348 g/mol. The summed E-state index contributed by atoms with van der Waals surface area (Å²) in [6.45, 7) is 4.30. The molecule has 1 saturated heterocycles. The molecule has 0 radical (unpaired) electrons. The number of nitrogens with zero attached hydrogens (tertiary/aromatic N) is 1. The summed E-state index contributed by atoms with van der Waals surface area (Å²) in [6.07, 6.45) is 2.92. The molecule has 1 heterocycles. The molecule has 1 aliphatic rings. The topological polar surface area (TPSA) is 80.5 Å². The van der Waals surface area contributed by atoms with E-state index >= 15 is 0 Å². The standard InChI is InChI=1S/C20H24N2O3S/c1-14-12-17(26(21,24)25)13-18(15(14)2)20(23)22-11-7-6-10-19(22)16-8-4-3-5-9-16/h3-5,8-9,12-13,19H,6-7,10-11H2,1-2H3,(H2,21,24,25). The van der Waals surface area contributed by atoms with Gasteiger partial charge in [-0.05, 0) is 61.9 Å². The summed E-state index contributed by atoms with van der Waals surface area (Å²) in [5.41, 5.74) is 3.06. The summed E-state index contributed by atoms with van der Waals surface area (Å²) >= 11 is 0. The number of hydrogen-bond donors (Lipinski definition) is 1. The van der Waals surface area contributed by atoms with Gasteiger partial charge in [-0.3, -0.25) is 4.79 Å². The van der Waals surface area contributed by atoms with Gasteiger partial charge in [-0.25, -0.2) is 13.6 Å². The molecule has 2 aromatic rings. The van der Waals surface area contributed by atoms with E-state index in [1.807, 2.05) is 42.2 Å². The summed E-state index contributed by atoms with van der Waals surface area (Å²) in [6, 6.07) is 12.9. The van der Waals surface area contributed by atoms with E-state index < -0.39 is 10.0 Å². The van der Waals surface area contributed by atoms with Gasteiger partial charge in [0.15, 0.2) is 0 Å². The van der Waals surface area contributed by atoms with Gasteiger partial charge < -0.3 is 4.90 Å². The zero-order chi connectivity index (χ0) is 18.9. The fourth-order valence-electron chi connectivity index (χ4n) is 3.56. The first-order valence-corrected chi connectivity index (χ1v) is 10.3. The van der Waals surface area contributed by atoms with Crippen molar-refractivity contribution in [3.05, 3.63) is 64.7 Å². The van der Waals surface area contributed by atoms with Crippen molar-refractivity contribution >= 4 is 15.9 Å². The number of sulfonamides is 1. The highest BCUT2D eigenvalue weighted by Crippen LogP contribution is 2.33. The second-order valence-electron chi connectivity index (χ2n) is 6.88. The fraction of sp³-hybridized carbons (Fsp3) is 0.350. The number of carbonyl (C=O) groups excluding carboxylic acids is 1. The van der Waals surface area contributed by atoms with Crippen LogP contribution in [0.25, 0.3) is 0 Å². The Hall–Kier alpha value is -2.18. The van der Waals surface area contributed by atoms with Crippen LogP contribution in [0.3, 0.4) is 0 Å². The lowest BCUT2D eigenvalue weighted by Crippen LogP contribution is -2.39. The Bertz CT molecular complexity index is 924. The molecule has 1 unspecified atom stereocenters. The number of primary sulfonamides is 1. The van der Waals surface area contributed by atoms with Crippen molar-refractivity contribution in [2.45, 2.75) is 44.0 Å². The van der Waals surface area contributed by atoms with Crippen molar-refractivity contribution < 1.29 is 13.2 Å². The lowest BCUT2D eigenvalue weighted by molar-refractivity contribution is 0.0610. The van der Waals surface area contributed by atoms with E-state index in [0.717, 1.165) is 36.0 Å². The van der Waals surface area contributed by atoms with Crippen LogP contribution in [0.2, 0.25) is 0 Å². The highest BCUT2D eigenvalue weighted by Gasteiger charge is 2.30. The molecule has 2 N–H and O–H groups in total. The Morgan fingerprint density at radius 2 is 1.81 bits per heavy atom. The van der Waals surface area contributed by atoms with Gasteiger partial charge in [0, 0.05) is 12.1 Å². The van der Waals surface area contributed by atoms with E-state index in [4.69, 9.17) is 5.14 Å². The van der Waals surface area contributed by atoms with Gasteiger partial charge in [-0.2, -0.15) is 0 Å². The summed E-state index contributed by atoms with van der Waals surface area (Å²) < 4.78 is 23.6. The predicted octanol–water partition coefficient (Wildman–Crippen LogP) is 3.32. The summed E-state index contributed by atoms with van der Waals surface area (Å²) in [4.78, 5) is 15.2. The maximum atomic E-state index is 13.3. The molecule has 1 aliphatic heterocycles. The minimum absolute atomic E-state index is 0.00953. The van der Waals surface area contributed by atoms with E-state index in [0.29, 0.717) is 12.1 Å². The molecule has 2 aromatic carbocycles. The number of likely N-dealkylation sites (tertiary alicyclic amines) is 1. The average Bonchev–Trinajstić information content (AvgIpc) is 2.63. The van der Waals surface area contributed by atoms with Crippen molar-refractivity contribution in [1.29, 1.82) is 0 Å². The molecule has 1 amide bonds. The number of carbonyl (C=O) groups is 1. The molecule has 26 heavy (non-hydrogen) atoms. The van der Waals surface area contributed by atoms with Crippen LogP contribution in [0.4, 0.5) is 0 Å². The highest BCUT2D eigenvalue weighted by atomic mass is 32.2. The molecule has 0 aliphatic carbocycles. The fourth-order valence-corrected chi connectivity index (χ4v) is 4.19. The van der Waals surface area contributed by atoms with Crippen LogP contribution < -0.4 is 5.14 Å². The SMILES string of the molecule is Cc1cc(S(N)(=O)=O)cc(C(=O)N2CCCCC2c2ccccc2)c1C. The van der Waals surface area contributed by atoms with Crippen LogP contribution in [0, 0.1) is 13.8 Å². The summed E-state index contributed by atoms with van der Waals surface area (Å²) in [5.74, 6) is -0.135. The van der Waals surface area contributed by atoms with Gasteiger partial charge in [0.2, 0.25) is 10.0 Å². The van der Waals surface area contributed by atoms with Crippen LogP contribution in [-0.4, -0.2) is 25.8 Å². The van der Waals surface area contributed by atoms with Crippen molar-refractivity contribution in [2.75, 3.05) is 6.54 Å². The molecule has 0 saturated carbocycles. The van der Waals surface area contributed by atoms with Gasteiger partial charge in [0.25, 0.3) is 5.91 Å². The van der Waals surface area contributed by atoms with Gasteiger partial charge in [0.05, 0.1) is 10.9 Å². The van der Waals surface area contributed by atoms with E-state index in [-0.39, 0.29) is 16.8 Å². The molecule has 6 heteroatoms. The van der Waals surface area contributed by atoms with E-state index in [9.17, 15) is 13.2 Å². The van der Waals surface area contributed by atoms with Crippen LogP contribution in [0.1, 0.15) is 52.4 Å². The lowest BCUT2D eigenvalue weighted by atomic mass is 9.93. The van der Waals surface area contributed by atoms with Crippen molar-refractivity contribution in [3.8, 4) is 0 Å². The third kappa shape index (κ3) is 3.66. The van der Waals surface area contributed by atoms with Crippen LogP contribution in [-0.2, 0) is 10.0 Å². The van der Waals surface area contributed by atoms with E-state index in [1.54, 1.807) is 6.92 Å². The van der Waals surface area contributed by atoms with Crippen LogP contribution in [0.5, 0.6) is 0 Å². The first-order chi connectivity index (χ1) is 12.3. The maximum Gasteiger partial charge on any atom is 0.254 e. The van der Waals surface area contributed by atoms with Gasteiger partial charge >= 0.3 is 0 Å². The average molecular weight is 372 g/mol. The third-order valence-corrected chi connectivity index (χ3v) is 6.04. The Labute approximate surface area is 154 Å². The highest BCUT2D eigenvalue weighted by molar-refractivity contribution is 7.89. The van der Waals surface area contributed by atoms with Crippen molar-refractivity contribution in [1.82, 2.24) is 4.90 Å². The monoisotopic (exact) mass is 372 g/mol. The molecule has 0 aromatic heterocycles. The summed E-state index contributed by atoms with van der Waals surface area (Å²) in [7, 11) is -3.87. The van der Waals surface area contributed by atoms with E-state index in [2.05, 4.69) is 0 Å². The zero-order valence-corrected chi connectivity index (χ0v) is 15.9.